The number of aryl methyl sites for hydroxylation is 2. The Morgan fingerprint density at radius 2 is 1.89 bits per heavy atom. The molecule has 0 saturated heterocycles. The van der Waals surface area contributed by atoms with Gasteiger partial charge in [0.15, 0.2) is 0 Å². The zero-order valence-corrected chi connectivity index (χ0v) is 15.3. The number of hydrogen-bond donors (Lipinski definition) is 3. The Bertz CT molecular complexity index is 1140. The van der Waals surface area contributed by atoms with Crippen molar-refractivity contribution in [2.24, 2.45) is 0 Å². The number of aromatic amines is 1. The molecule has 1 aromatic heterocycles. The highest BCUT2D eigenvalue weighted by atomic mass is 16.3. The minimum Gasteiger partial charge on any atom is -0.494 e. The number of hydrogen-bond acceptors (Lipinski definition) is 3. The first kappa shape index (κ1) is 17.3. The predicted molar refractivity (Wildman–Crippen MR) is 103 cm³/mol. The van der Waals surface area contributed by atoms with E-state index in [1.807, 2.05) is 55.6 Å². The molecule has 6 nitrogen and oxygen atoms in total. The molecule has 0 aliphatic carbocycles. The summed E-state index contributed by atoms with van der Waals surface area (Å²) < 4.78 is 1.17. The van der Waals surface area contributed by atoms with E-state index in [4.69, 9.17) is 0 Å². The number of aromatic nitrogens is 2. The van der Waals surface area contributed by atoms with Crippen LogP contribution in [0.1, 0.15) is 33.9 Å². The average molecular weight is 364 g/mol. The molecule has 0 saturated carbocycles. The smallest absolute Gasteiger partial charge is 0.335 e. The van der Waals surface area contributed by atoms with E-state index >= 15 is 0 Å². The SMILES string of the molecule is Cc1ccc(-n2c(O)c([C@@H]3[NH2+]CCc4ccccc43)c(=O)[nH]c2=O)cc1C. The lowest BCUT2D eigenvalue weighted by Gasteiger charge is -2.24. The Kier molecular flexibility index (Phi) is 4.20. The zero-order chi connectivity index (χ0) is 19.1. The van der Waals surface area contributed by atoms with Crippen molar-refractivity contribution in [1.82, 2.24) is 9.55 Å². The van der Waals surface area contributed by atoms with Crippen molar-refractivity contribution in [2.45, 2.75) is 26.3 Å². The van der Waals surface area contributed by atoms with E-state index < -0.39 is 11.2 Å². The van der Waals surface area contributed by atoms with Gasteiger partial charge in [-0.05, 0) is 42.7 Å². The third-order valence-corrected chi connectivity index (χ3v) is 5.39. The lowest BCUT2D eigenvalue weighted by Crippen LogP contribution is -2.87. The molecular weight excluding hydrogens is 342 g/mol. The van der Waals surface area contributed by atoms with Gasteiger partial charge in [-0.15, -0.1) is 0 Å². The highest BCUT2D eigenvalue weighted by Crippen LogP contribution is 2.28. The first-order valence-electron chi connectivity index (χ1n) is 9.04. The maximum absolute atomic E-state index is 12.6. The van der Waals surface area contributed by atoms with Gasteiger partial charge in [0.25, 0.3) is 5.56 Å². The molecule has 0 unspecified atom stereocenters. The Labute approximate surface area is 156 Å². The largest absolute Gasteiger partial charge is 0.494 e. The molecule has 2 heterocycles. The predicted octanol–water partition coefficient (Wildman–Crippen LogP) is 1.06. The zero-order valence-electron chi connectivity index (χ0n) is 15.3. The van der Waals surface area contributed by atoms with Crippen LogP contribution in [-0.2, 0) is 6.42 Å². The van der Waals surface area contributed by atoms with Crippen LogP contribution in [-0.4, -0.2) is 21.2 Å². The summed E-state index contributed by atoms with van der Waals surface area (Å²) in [5.41, 5.74) is 3.79. The summed E-state index contributed by atoms with van der Waals surface area (Å²) in [4.78, 5) is 27.5. The second-order valence-electron chi connectivity index (χ2n) is 7.05. The number of nitrogens with zero attached hydrogens (tertiary/aromatic N) is 1. The molecule has 2 aromatic carbocycles. The number of H-pyrrole nitrogens is 1. The van der Waals surface area contributed by atoms with Crippen molar-refractivity contribution in [3.05, 3.63) is 91.1 Å². The van der Waals surface area contributed by atoms with E-state index in [0.29, 0.717) is 5.69 Å². The number of nitrogens with two attached hydrogens (primary N) is 1. The van der Waals surface area contributed by atoms with Crippen LogP contribution in [0.4, 0.5) is 0 Å². The number of rotatable bonds is 2. The average Bonchev–Trinajstić information content (AvgIpc) is 2.64. The topological polar surface area (TPSA) is 91.7 Å². The first-order valence-corrected chi connectivity index (χ1v) is 9.04. The van der Waals surface area contributed by atoms with Crippen molar-refractivity contribution >= 4 is 0 Å². The molecule has 1 aliphatic rings. The van der Waals surface area contributed by atoms with Gasteiger partial charge in [0.1, 0.15) is 11.6 Å². The van der Waals surface area contributed by atoms with Gasteiger partial charge in [-0.2, -0.15) is 0 Å². The Morgan fingerprint density at radius 3 is 2.67 bits per heavy atom. The number of quaternary nitrogens is 1. The van der Waals surface area contributed by atoms with Gasteiger partial charge in [0.05, 0.1) is 12.2 Å². The lowest BCUT2D eigenvalue weighted by molar-refractivity contribution is -0.690. The molecule has 1 atom stereocenters. The third-order valence-electron chi connectivity index (χ3n) is 5.39. The van der Waals surface area contributed by atoms with Crippen LogP contribution in [0.25, 0.3) is 5.69 Å². The summed E-state index contributed by atoms with van der Waals surface area (Å²) in [5.74, 6) is -0.301. The Balaban J connectivity index is 1.95. The minimum atomic E-state index is -0.645. The minimum absolute atomic E-state index is 0.208. The van der Waals surface area contributed by atoms with E-state index in [0.717, 1.165) is 35.2 Å². The van der Waals surface area contributed by atoms with Gasteiger partial charge in [-0.25, -0.2) is 9.36 Å². The van der Waals surface area contributed by atoms with E-state index in [-0.39, 0.29) is 17.5 Å². The molecule has 4 N–H and O–H groups in total. The number of aromatic hydroxyl groups is 1. The molecule has 0 spiro atoms. The van der Waals surface area contributed by atoms with Crippen LogP contribution >= 0.6 is 0 Å². The fraction of sp³-hybridized carbons (Fsp3) is 0.238. The molecule has 27 heavy (non-hydrogen) atoms. The van der Waals surface area contributed by atoms with Crippen LogP contribution in [0.15, 0.2) is 52.1 Å². The second-order valence-corrected chi connectivity index (χ2v) is 7.05. The lowest BCUT2D eigenvalue weighted by atomic mass is 9.90. The van der Waals surface area contributed by atoms with Gasteiger partial charge < -0.3 is 10.4 Å². The summed E-state index contributed by atoms with van der Waals surface area (Å²) in [7, 11) is 0. The molecule has 1 aliphatic heterocycles. The molecule has 138 valence electrons. The quantitative estimate of drug-likeness (QED) is 0.635. The maximum Gasteiger partial charge on any atom is 0.335 e. The van der Waals surface area contributed by atoms with Crippen molar-refractivity contribution < 1.29 is 10.4 Å². The highest BCUT2D eigenvalue weighted by molar-refractivity contribution is 5.45. The molecule has 6 heteroatoms. The molecule has 4 rings (SSSR count). The van der Waals surface area contributed by atoms with Crippen LogP contribution in [0.5, 0.6) is 5.88 Å². The fourth-order valence-electron chi connectivity index (χ4n) is 3.79. The van der Waals surface area contributed by atoms with Crippen molar-refractivity contribution in [3.8, 4) is 11.6 Å². The van der Waals surface area contributed by atoms with Crippen molar-refractivity contribution in [3.63, 3.8) is 0 Å². The summed E-state index contributed by atoms with van der Waals surface area (Å²) in [6.07, 6.45) is 0.905. The fourth-order valence-corrected chi connectivity index (χ4v) is 3.79. The summed E-state index contributed by atoms with van der Waals surface area (Å²) in [5, 5.41) is 13.0. The highest BCUT2D eigenvalue weighted by Gasteiger charge is 2.31. The molecule has 0 amide bonds. The van der Waals surface area contributed by atoms with Gasteiger partial charge >= 0.3 is 5.69 Å². The third kappa shape index (κ3) is 2.88. The number of benzene rings is 2. The maximum atomic E-state index is 12.6. The van der Waals surface area contributed by atoms with E-state index in [9.17, 15) is 14.7 Å². The van der Waals surface area contributed by atoms with Gasteiger partial charge in [0.2, 0.25) is 5.88 Å². The monoisotopic (exact) mass is 364 g/mol. The standard InChI is InChI=1S/C21H21N3O3/c1-12-7-8-15(11-13(12)2)24-20(26)17(19(25)23-21(24)27)18-16-6-4-3-5-14(16)9-10-22-18/h3-8,11,18,22,26H,9-10H2,1-2H3,(H,23,25,27)/p+1/t18-/m1/s1. The molecule has 0 bridgehead atoms. The second kappa shape index (κ2) is 6.55. The Morgan fingerprint density at radius 1 is 1.11 bits per heavy atom. The van der Waals surface area contributed by atoms with E-state index in [1.165, 1.54) is 4.57 Å². The van der Waals surface area contributed by atoms with Crippen molar-refractivity contribution in [1.29, 1.82) is 0 Å². The molecule has 3 aromatic rings. The van der Waals surface area contributed by atoms with Crippen molar-refractivity contribution in [2.75, 3.05) is 6.54 Å². The van der Waals surface area contributed by atoms with Crippen LogP contribution < -0.4 is 16.6 Å². The molecular formula is C21H22N3O3+. The van der Waals surface area contributed by atoms with Gasteiger partial charge in [-0.1, -0.05) is 30.3 Å². The van der Waals surface area contributed by atoms with Gasteiger partial charge in [0, 0.05) is 12.0 Å². The summed E-state index contributed by atoms with van der Waals surface area (Å²) in [6.45, 7) is 4.73. The normalized spacial score (nSPS) is 16.1. The van der Waals surface area contributed by atoms with Gasteiger partial charge in [-0.3, -0.25) is 9.78 Å². The number of nitrogens with one attached hydrogen (secondary N) is 1. The molecule has 0 fully saturated rings. The Hall–Kier alpha value is -3.12. The summed E-state index contributed by atoms with van der Waals surface area (Å²) >= 11 is 0. The van der Waals surface area contributed by atoms with Crippen LogP contribution in [0.2, 0.25) is 0 Å². The van der Waals surface area contributed by atoms with Crippen LogP contribution in [0.3, 0.4) is 0 Å². The first-order chi connectivity index (χ1) is 13.0. The van der Waals surface area contributed by atoms with E-state index in [1.54, 1.807) is 6.07 Å². The molecule has 0 radical (unpaired) electrons. The summed E-state index contributed by atoms with van der Waals surface area (Å²) in [6, 6.07) is 13.1. The van der Waals surface area contributed by atoms with Crippen LogP contribution in [0, 0.1) is 13.8 Å². The van der Waals surface area contributed by atoms with E-state index in [2.05, 4.69) is 4.98 Å². The number of fused-ring (bicyclic) bond motifs is 1.